The number of aromatic nitrogens is 1. The normalized spacial score (nSPS) is 13.0. The summed E-state index contributed by atoms with van der Waals surface area (Å²) in [6, 6.07) is 13.1. The van der Waals surface area contributed by atoms with Crippen molar-refractivity contribution in [2.75, 3.05) is 0 Å². The van der Waals surface area contributed by atoms with Crippen LogP contribution in [0.2, 0.25) is 0 Å². The van der Waals surface area contributed by atoms with Crippen molar-refractivity contribution in [2.45, 2.75) is 38.3 Å². The second kappa shape index (κ2) is 8.38. The van der Waals surface area contributed by atoms with Gasteiger partial charge in [-0.2, -0.15) is 4.72 Å². The second-order valence-corrected chi connectivity index (χ2v) is 9.67. The van der Waals surface area contributed by atoms with Gasteiger partial charge in [0, 0.05) is 0 Å². The molecule has 0 aliphatic carbocycles. The van der Waals surface area contributed by atoms with E-state index in [0.29, 0.717) is 5.01 Å². The lowest BCUT2D eigenvalue weighted by atomic mass is 10.1. The number of rotatable bonds is 7. The topological polar surface area (TPSA) is 85.4 Å². The highest BCUT2D eigenvalue weighted by atomic mass is 32.2. The van der Waals surface area contributed by atoms with Crippen molar-refractivity contribution in [3.8, 4) is 0 Å². The number of hydrogen-bond acceptors (Lipinski definition) is 6. The Bertz CT molecular complexity index is 1040. The number of nitrogens with zero attached hydrogens (tertiary/aromatic N) is 1. The number of nitrogens with one attached hydrogen (secondary N) is 1. The van der Waals surface area contributed by atoms with Crippen LogP contribution in [0.5, 0.6) is 0 Å². The molecule has 1 N–H and O–H groups in total. The number of sulfonamides is 1. The average Bonchev–Trinajstić information content (AvgIpc) is 3.07. The summed E-state index contributed by atoms with van der Waals surface area (Å²) in [6.45, 7) is 5.41. The van der Waals surface area contributed by atoms with Gasteiger partial charge in [-0.15, -0.1) is 11.3 Å². The molecule has 1 heterocycles. The fourth-order valence-electron chi connectivity index (χ4n) is 2.61. The van der Waals surface area contributed by atoms with E-state index in [1.807, 2.05) is 31.2 Å². The molecule has 0 bridgehead atoms. The number of carbonyl (C=O) groups excluding carboxylic acids is 1. The molecular weight excluding hydrogens is 396 g/mol. The number of benzene rings is 2. The van der Waals surface area contributed by atoms with Crippen molar-refractivity contribution in [2.24, 2.45) is 5.92 Å². The van der Waals surface area contributed by atoms with E-state index < -0.39 is 22.0 Å². The zero-order valence-electron chi connectivity index (χ0n) is 15.9. The minimum atomic E-state index is -3.83. The van der Waals surface area contributed by atoms with Gasteiger partial charge in [0.15, 0.2) is 0 Å². The number of ether oxygens (including phenoxy) is 1. The van der Waals surface area contributed by atoms with E-state index in [9.17, 15) is 13.2 Å². The zero-order chi connectivity index (χ0) is 20.3. The van der Waals surface area contributed by atoms with Gasteiger partial charge in [0.2, 0.25) is 10.0 Å². The van der Waals surface area contributed by atoms with Crippen molar-refractivity contribution in [3.05, 3.63) is 59.1 Å². The van der Waals surface area contributed by atoms with E-state index in [1.165, 1.54) is 23.5 Å². The Hall–Kier alpha value is -2.29. The molecule has 3 rings (SSSR count). The highest BCUT2D eigenvalue weighted by molar-refractivity contribution is 7.89. The van der Waals surface area contributed by atoms with Crippen molar-refractivity contribution >= 4 is 37.5 Å². The van der Waals surface area contributed by atoms with Crippen LogP contribution in [0.25, 0.3) is 10.2 Å². The zero-order valence-corrected chi connectivity index (χ0v) is 17.5. The van der Waals surface area contributed by atoms with Gasteiger partial charge < -0.3 is 4.74 Å². The highest BCUT2D eigenvalue weighted by Gasteiger charge is 2.29. The smallest absolute Gasteiger partial charge is 0.324 e. The van der Waals surface area contributed by atoms with E-state index in [0.717, 1.165) is 15.8 Å². The molecule has 0 aliphatic rings. The fourth-order valence-corrected chi connectivity index (χ4v) is 4.83. The lowest BCUT2D eigenvalue weighted by molar-refractivity contribution is -0.148. The van der Waals surface area contributed by atoms with Crippen molar-refractivity contribution < 1.29 is 17.9 Å². The third-order valence-corrected chi connectivity index (χ3v) is 6.68. The summed E-state index contributed by atoms with van der Waals surface area (Å²) in [7, 11) is -3.83. The maximum absolute atomic E-state index is 12.6. The number of fused-ring (bicyclic) bond motifs is 1. The Kier molecular flexibility index (Phi) is 6.12. The van der Waals surface area contributed by atoms with Crippen LogP contribution in [0.1, 0.15) is 24.4 Å². The molecule has 0 saturated carbocycles. The highest BCUT2D eigenvalue weighted by Crippen LogP contribution is 2.22. The molecular formula is C20H22N2O4S2. The van der Waals surface area contributed by atoms with Gasteiger partial charge in [0.25, 0.3) is 0 Å². The summed E-state index contributed by atoms with van der Waals surface area (Å²) in [6.07, 6.45) is 0. The molecule has 0 fully saturated rings. The van der Waals surface area contributed by atoms with Gasteiger partial charge in [-0.25, -0.2) is 13.4 Å². The van der Waals surface area contributed by atoms with Crippen molar-refractivity contribution in [1.29, 1.82) is 0 Å². The Labute approximate surface area is 168 Å². The van der Waals surface area contributed by atoms with E-state index >= 15 is 0 Å². The molecule has 1 atom stereocenters. The monoisotopic (exact) mass is 418 g/mol. The molecule has 0 amide bonds. The number of aryl methyl sites for hydroxylation is 1. The van der Waals surface area contributed by atoms with E-state index in [4.69, 9.17) is 4.74 Å². The van der Waals surface area contributed by atoms with Gasteiger partial charge in [0.1, 0.15) is 17.7 Å². The van der Waals surface area contributed by atoms with Gasteiger partial charge in [0.05, 0.1) is 15.1 Å². The standard InChI is InChI=1S/C20H22N2O4S2/c1-13(2)19(22-28(24,25)15-10-8-14(3)9-11-15)20(23)26-12-18-21-16-6-4-5-7-17(16)27-18/h4-11,13,19,22H,12H2,1-3H3. The average molecular weight is 419 g/mol. The first-order valence-corrected chi connectivity index (χ1v) is 11.2. The first-order chi connectivity index (χ1) is 13.3. The van der Waals surface area contributed by atoms with E-state index in [1.54, 1.807) is 26.0 Å². The number of hydrogen-bond donors (Lipinski definition) is 1. The minimum absolute atomic E-state index is 0.00760. The van der Waals surface area contributed by atoms with Crippen LogP contribution in [-0.2, 0) is 26.2 Å². The summed E-state index contributed by atoms with van der Waals surface area (Å²) in [4.78, 5) is 17.1. The third-order valence-electron chi connectivity index (χ3n) is 4.21. The largest absolute Gasteiger partial charge is 0.457 e. The van der Waals surface area contributed by atoms with E-state index in [2.05, 4.69) is 9.71 Å². The minimum Gasteiger partial charge on any atom is -0.457 e. The first-order valence-electron chi connectivity index (χ1n) is 8.86. The number of thiazole rings is 1. The predicted molar refractivity (Wildman–Crippen MR) is 110 cm³/mol. The summed E-state index contributed by atoms with van der Waals surface area (Å²) in [5.74, 6) is -0.895. The van der Waals surface area contributed by atoms with Gasteiger partial charge in [-0.05, 0) is 37.1 Å². The molecule has 148 valence electrons. The predicted octanol–water partition coefficient (Wildman–Crippen LogP) is 3.65. The van der Waals surface area contributed by atoms with Gasteiger partial charge >= 0.3 is 5.97 Å². The van der Waals surface area contributed by atoms with Crippen LogP contribution >= 0.6 is 11.3 Å². The van der Waals surface area contributed by atoms with Crippen LogP contribution in [0.15, 0.2) is 53.4 Å². The third kappa shape index (κ3) is 4.76. The quantitative estimate of drug-likeness (QED) is 0.592. The van der Waals surface area contributed by atoms with Crippen LogP contribution in [-0.4, -0.2) is 25.4 Å². The molecule has 1 unspecified atom stereocenters. The lowest BCUT2D eigenvalue weighted by Gasteiger charge is -2.20. The van der Waals surface area contributed by atoms with Gasteiger partial charge in [-0.1, -0.05) is 43.7 Å². The fraction of sp³-hybridized carbons (Fsp3) is 0.300. The summed E-state index contributed by atoms with van der Waals surface area (Å²) in [5.41, 5.74) is 1.80. The van der Waals surface area contributed by atoms with Crippen LogP contribution in [0.4, 0.5) is 0 Å². The molecule has 0 spiro atoms. The number of para-hydroxylation sites is 1. The summed E-state index contributed by atoms with van der Waals surface area (Å²) >= 11 is 1.44. The Balaban J connectivity index is 1.70. The molecule has 8 heteroatoms. The van der Waals surface area contributed by atoms with Gasteiger partial charge in [-0.3, -0.25) is 4.79 Å². The molecule has 28 heavy (non-hydrogen) atoms. The molecule has 0 radical (unpaired) electrons. The molecule has 1 aromatic heterocycles. The Morgan fingerprint density at radius 2 is 1.82 bits per heavy atom. The molecule has 0 saturated heterocycles. The Morgan fingerprint density at radius 1 is 1.14 bits per heavy atom. The summed E-state index contributed by atoms with van der Waals surface area (Å²) < 4.78 is 34.1. The van der Waals surface area contributed by atoms with E-state index in [-0.39, 0.29) is 17.4 Å². The second-order valence-electron chi connectivity index (χ2n) is 6.84. The SMILES string of the molecule is Cc1ccc(S(=O)(=O)NC(C(=O)OCc2nc3ccccc3s2)C(C)C)cc1. The summed E-state index contributed by atoms with van der Waals surface area (Å²) in [5, 5.41) is 0.665. The molecule has 3 aromatic rings. The van der Waals surface area contributed by atoms with Crippen LogP contribution < -0.4 is 4.72 Å². The number of carbonyl (C=O) groups is 1. The number of esters is 1. The molecule has 2 aromatic carbocycles. The molecule has 0 aliphatic heterocycles. The Morgan fingerprint density at radius 3 is 2.46 bits per heavy atom. The van der Waals surface area contributed by atoms with Crippen molar-refractivity contribution in [3.63, 3.8) is 0 Å². The molecule has 6 nitrogen and oxygen atoms in total. The lowest BCUT2D eigenvalue weighted by Crippen LogP contribution is -2.45. The maximum Gasteiger partial charge on any atom is 0.324 e. The van der Waals surface area contributed by atoms with Crippen LogP contribution in [0.3, 0.4) is 0 Å². The first kappa shape index (κ1) is 20.4. The van der Waals surface area contributed by atoms with Crippen LogP contribution in [0, 0.1) is 12.8 Å². The maximum atomic E-state index is 12.6. The van der Waals surface area contributed by atoms with Crippen molar-refractivity contribution in [1.82, 2.24) is 9.71 Å².